The second-order valence-electron chi connectivity index (χ2n) is 7.45. The molecule has 0 spiro atoms. The van der Waals surface area contributed by atoms with Gasteiger partial charge >= 0.3 is 5.97 Å². The summed E-state index contributed by atoms with van der Waals surface area (Å²) in [7, 11) is 0. The van der Waals surface area contributed by atoms with Crippen LogP contribution in [0.4, 0.5) is 0 Å². The van der Waals surface area contributed by atoms with E-state index in [4.69, 9.17) is 4.74 Å². The lowest BCUT2D eigenvalue weighted by molar-refractivity contribution is -0.155. The Labute approximate surface area is 165 Å². The van der Waals surface area contributed by atoms with E-state index in [1.54, 1.807) is 9.80 Å². The van der Waals surface area contributed by atoms with Crippen molar-refractivity contribution >= 4 is 17.8 Å². The predicted molar refractivity (Wildman–Crippen MR) is 103 cm³/mol. The summed E-state index contributed by atoms with van der Waals surface area (Å²) < 4.78 is 5.58. The molecule has 0 radical (unpaired) electrons. The zero-order valence-electron chi connectivity index (χ0n) is 16.1. The van der Waals surface area contributed by atoms with Crippen LogP contribution in [-0.2, 0) is 14.4 Å². The summed E-state index contributed by atoms with van der Waals surface area (Å²) >= 11 is 0. The summed E-state index contributed by atoms with van der Waals surface area (Å²) in [5.74, 6) is -0.396. The molecule has 1 N–H and O–H groups in total. The molecule has 2 aliphatic heterocycles. The Hall–Kier alpha value is -2.57. The molecule has 7 heteroatoms. The van der Waals surface area contributed by atoms with Crippen molar-refractivity contribution in [2.24, 2.45) is 5.92 Å². The van der Waals surface area contributed by atoms with Gasteiger partial charge in [-0.05, 0) is 44.2 Å². The number of nitrogens with zero attached hydrogens (tertiary/aromatic N) is 2. The topological polar surface area (TPSA) is 87.2 Å². The summed E-state index contributed by atoms with van der Waals surface area (Å²) in [5, 5.41) is 9.38. The number of benzene rings is 1. The number of para-hydroxylation sites is 1. The van der Waals surface area contributed by atoms with E-state index in [1.165, 1.54) is 0 Å². The molecule has 1 aromatic carbocycles. The second kappa shape index (κ2) is 9.57. The molecule has 0 bridgehead atoms. The summed E-state index contributed by atoms with van der Waals surface area (Å²) in [6.45, 7) is 1.92. The maximum Gasteiger partial charge on any atom is 0.326 e. The van der Waals surface area contributed by atoms with Gasteiger partial charge in [0.2, 0.25) is 11.8 Å². The lowest BCUT2D eigenvalue weighted by atomic mass is 9.92. The van der Waals surface area contributed by atoms with Crippen molar-refractivity contribution in [3.63, 3.8) is 0 Å². The van der Waals surface area contributed by atoms with E-state index < -0.39 is 12.0 Å². The number of carbonyl (C=O) groups is 3. The van der Waals surface area contributed by atoms with Crippen LogP contribution >= 0.6 is 0 Å². The molecule has 2 heterocycles. The molecule has 1 aromatic rings. The molecule has 0 aromatic heterocycles. The van der Waals surface area contributed by atoms with E-state index in [0.29, 0.717) is 51.9 Å². The number of amides is 2. The molecular weight excluding hydrogens is 360 g/mol. The minimum atomic E-state index is -0.918. The fourth-order valence-corrected chi connectivity index (χ4v) is 3.99. The van der Waals surface area contributed by atoms with Crippen LogP contribution in [0.3, 0.4) is 0 Å². The summed E-state index contributed by atoms with van der Waals surface area (Å²) in [6, 6.07) is 8.69. The molecule has 2 aliphatic rings. The highest BCUT2D eigenvalue weighted by atomic mass is 16.5. The molecule has 2 amide bonds. The number of hydrogen-bond donors (Lipinski definition) is 1. The van der Waals surface area contributed by atoms with Gasteiger partial charge in [-0.3, -0.25) is 9.59 Å². The first-order valence-electron chi connectivity index (χ1n) is 10.0. The molecule has 7 nitrogen and oxygen atoms in total. The Kier molecular flexibility index (Phi) is 6.90. The minimum absolute atomic E-state index is 0.0308. The van der Waals surface area contributed by atoms with E-state index in [0.717, 1.165) is 18.6 Å². The number of rotatable bonds is 6. The largest absolute Gasteiger partial charge is 0.493 e. The fraction of sp³-hybridized carbons (Fsp3) is 0.571. The summed E-state index contributed by atoms with van der Waals surface area (Å²) in [4.78, 5) is 40.0. The fourth-order valence-electron chi connectivity index (χ4n) is 3.99. The molecule has 2 fully saturated rings. The van der Waals surface area contributed by atoms with Crippen LogP contribution in [0.5, 0.6) is 5.75 Å². The SMILES string of the molecule is O=C(O)[C@H]1CCCCN1C(=O)C1CCN(C(=O)CCOc2ccccc2)CC1. The Morgan fingerprint density at radius 2 is 1.71 bits per heavy atom. The zero-order valence-corrected chi connectivity index (χ0v) is 16.1. The third-order valence-electron chi connectivity index (χ3n) is 5.60. The highest BCUT2D eigenvalue weighted by Gasteiger charge is 2.36. The number of ether oxygens (including phenoxy) is 1. The maximum absolute atomic E-state index is 12.8. The van der Waals surface area contributed by atoms with Crippen molar-refractivity contribution in [1.82, 2.24) is 9.80 Å². The third kappa shape index (κ3) is 5.03. The average molecular weight is 388 g/mol. The van der Waals surface area contributed by atoms with Crippen LogP contribution in [0.1, 0.15) is 38.5 Å². The molecule has 1 atom stereocenters. The van der Waals surface area contributed by atoms with E-state index in [2.05, 4.69) is 0 Å². The molecule has 3 rings (SSSR count). The van der Waals surface area contributed by atoms with Crippen LogP contribution in [0, 0.1) is 5.92 Å². The van der Waals surface area contributed by atoms with Gasteiger partial charge in [0.05, 0.1) is 13.0 Å². The smallest absolute Gasteiger partial charge is 0.326 e. The van der Waals surface area contributed by atoms with Crippen molar-refractivity contribution in [1.29, 1.82) is 0 Å². The van der Waals surface area contributed by atoms with Gasteiger partial charge in [-0.25, -0.2) is 4.79 Å². The Morgan fingerprint density at radius 1 is 1.00 bits per heavy atom. The molecular formula is C21H28N2O5. The van der Waals surface area contributed by atoms with E-state index in [-0.39, 0.29) is 17.7 Å². The zero-order chi connectivity index (χ0) is 19.9. The van der Waals surface area contributed by atoms with E-state index in [1.807, 2.05) is 30.3 Å². The number of hydrogen-bond acceptors (Lipinski definition) is 4. The van der Waals surface area contributed by atoms with Gasteiger partial charge in [-0.2, -0.15) is 0 Å². The van der Waals surface area contributed by atoms with Crippen molar-refractivity contribution < 1.29 is 24.2 Å². The monoisotopic (exact) mass is 388 g/mol. The number of carboxylic acid groups (broad SMARTS) is 1. The summed E-state index contributed by atoms with van der Waals surface area (Å²) in [6.07, 6.45) is 3.72. The van der Waals surface area contributed by atoms with Crippen molar-refractivity contribution in [3.05, 3.63) is 30.3 Å². The van der Waals surface area contributed by atoms with E-state index in [9.17, 15) is 19.5 Å². The van der Waals surface area contributed by atoms with Gasteiger partial charge < -0.3 is 19.6 Å². The normalized spacial score (nSPS) is 20.6. The standard InChI is InChI=1S/C21H28N2O5/c24-19(11-15-28-17-6-2-1-3-7-17)22-13-9-16(10-14-22)20(25)23-12-5-4-8-18(23)21(26)27/h1-3,6-7,16,18H,4-5,8-15H2,(H,26,27)/t18-/m1/s1. The molecule has 0 aliphatic carbocycles. The third-order valence-corrected chi connectivity index (χ3v) is 5.60. The first kappa shape index (κ1) is 20.2. The second-order valence-corrected chi connectivity index (χ2v) is 7.45. The molecule has 28 heavy (non-hydrogen) atoms. The number of piperidine rings is 2. The molecule has 0 saturated carbocycles. The quantitative estimate of drug-likeness (QED) is 0.807. The van der Waals surface area contributed by atoms with Crippen molar-refractivity contribution in [2.75, 3.05) is 26.2 Å². The van der Waals surface area contributed by atoms with Crippen molar-refractivity contribution in [2.45, 2.75) is 44.6 Å². The van der Waals surface area contributed by atoms with Gasteiger partial charge in [0.15, 0.2) is 0 Å². The number of carboxylic acids is 1. The minimum Gasteiger partial charge on any atom is -0.493 e. The summed E-state index contributed by atoms with van der Waals surface area (Å²) in [5.41, 5.74) is 0. The van der Waals surface area contributed by atoms with Gasteiger partial charge in [-0.1, -0.05) is 18.2 Å². The highest BCUT2D eigenvalue weighted by Crippen LogP contribution is 2.25. The average Bonchev–Trinajstić information content (AvgIpc) is 2.74. The van der Waals surface area contributed by atoms with Crippen LogP contribution in [0.2, 0.25) is 0 Å². The number of carbonyl (C=O) groups excluding carboxylic acids is 2. The van der Waals surface area contributed by atoms with E-state index >= 15 is 0 Å². The molecule has 0 unspecified atom stereocenters. The molecule has 152 valence electrons. The van der Waals surface area contributed by atoms with Crippen LogP contribution in [0.25, 0.3) is 0 Å². The first-order chi connectivity index (χ1) is 13.6. The Bertz CT molecular complexity index is 685. The van der Waals surface area contributed by atoms with Gasteiger partial charge in [0, 0.05) is 25.6 Å². The van der Waals surface area contributed by atoms with Gasteiger partial charge in [0.25, 0.3) is 0 Å². The van der Waals surface area contributed by atoms with Crippen LogP contribution in [-0.4, -0.2) is 65.0 Å². The predicted octanol–water partition coefficient (Wildman–Crippen LogP) is 2.16. The molecule has 2 saturated heterocycles. The first-order valence-corrected chi connectivity index (χ1v) is 10.0. The lowest BCUT2D eigenvalue weighted by Crippen LogP contribution is -2.52. The Balaban J connectivity index is 1.43. The van der Waals surface area contributed by atoms with Gasteiger partial charge in [0.1, 0.15) is 11.8 Å². The lowest BCUT2D eigenvalue weighted by Gasteiger charge is -2.38. The maximum atomic E-state index is 12.8. The number of likely N-dealkylation sites (tertiary alicyclic amines) is 2. The highest BCUT2D eigenvalue weighted by molar-refractivity contribution is 5.85. The van der Waals surface area contributed by atoms with Crippen molar-refractivity contribution in [3.8, 4) is 5.75 Å². The Morgan fingerprint density at radius 3 is 2.39 bits per heavy atom. The van der Waals surface area contributed by atoms with Crippen LogP contribution in [0.15, 0.2) is 30.3 Å². The van der Waals surface area contributed by atoms with Gasteiger partial charge in [-0.15, -0.1) is 0 Å². The van der Waals surface area contributed by atoms with Crippen LogP contribution < -0.4 is 4.74 Å². The number of aliphatic carboxylic acids is 1.